The number of ether oxygens (including phenoxy) is 1. The fourth-order valence-corrected chi connectivity index (χ4v) is 13.0. The minimum atomic E-state index is -4.76. The largest absolute Gasteiger partial charge is 0.417 e. The second-order valence-electron chi connectivity index (χ2n) is 20.5. The summed E-state index contributed by atoms with van der Waals surface area (Å²) in [6.45, 7) is 10.3. The molecule has 4 aromatic carbocycles. The number of aryl methyl sites for hydroxylation is 1. The molecule has 0 amide bonds. The van der Waals surface area contributed by atoms with E-state index in [9.17, 15) is 30.0 Å². The zero-order chi connectivity index (χ0) is 47.8. The fraction of sp³-hybridized carbons (Fsp3) is 0.451. The maximum Gasteiger partial charge on any atom is 0.417 e. The summed E-state index contributed by atoms with van der Waals surface area (Å²) in [5, 5.41) is -0.475. The predicted octanol–water partition coefficient (Wildman–Crippen LogP) is 11.2. The van der Waals surface area contributed by atoms with Gasteiger partial charge in [0.15, 0.2) is 0 Å². The number of hydrogen-bond donors (Lipinski definition) is 2. The zero-order valence-corrected chi connectivity index (χ0v) is 40.0. The summed E-state index contributed by atoms with van der Waals surface area (Å²) in [6, 6.07) is 16.7. The Morgan fingerprint density at radius 3 is 1.84 bits per heavy atom. The second kappa shape index (κ2) is 17.4. The third-order valence-electron chi connectivity index (χ3n) is 13.5. The van der Waals surface area contributed by atoms with Gasteiger partial charge in [-0.25, -0.2) is 35.1 Å². The van der Waals surface area contributed by atoms with Crippen LogP contribution in [-0.2, 0) is 70.0 Å². The molecule has 67 heavy (non-hydrogen) atoms. The van der Waals surface area contributed by atoms with E-state index in [1.807, 2.05) is 24.4 Å². The summed E-state index contributed by atoms with van der Waals surface area (Å²) in [5.41, 5.74) is 3.27. The molecule has 6 aromatic rings. The third-order valence-corrected chi connectivity index (χ3v) is 17.2. The van der Waals surface area contributed by atoms with Crippen LogP contribution in [0.3, 0.4) is 0 Å². The SMILES string of the molecule is CC(C)(C)Cn1cc(CNS(=O)(=O)C2CC2OC(C)(C)Cn2cc(CNS(=O)(=O)C3CCC3)c3cc(F)c(-c4ccccc4C(F)(F)F)cc32)c2cc(F)c(-c3cccc4c3CCCC4)cc21. The lowest BCUT2D eigenvalue weighted by molar-refractivity contribution is -0.137. The van der Waals surface area contributed by atoms with Gasteiger partial charge < -0.3 is 13.9 Å². The Bertz CT molecular complexity index is 3110. The van der Waals surface area contributed by atoms with Gasteiger partial charge in [-0.1, -0.05) is 63.6 Å². The van der Waals surface area contributed by atoms with Gasteiger partial charge in [-0.15, -0.1) is 0 Å². The Balaban J connectivity index is 0.951. The lowest BCUT2D eigenvalue weighted by Gasteiger charge is -2.27. The maximum absolute atomic E-state index is 16.2. The van der Waals surface area contributed by atoms with E-state index in [2.05, 4.69) is 40.8 Å². The molecule has 0 spiro atoms. The summed E-state index contributed by atoms with van der Waals surface area (Å²) in [6.07, 6.45) is 4.17. The smallest absolute Gasteiger partial charge is 0.369 e. The molecule has 9 nitrogen and oxygen atoms in total. The van der Waals surface area contributed by atoms with Gasteiger partial charge in [0.25, 0.3) is 0 Å². The summed E-state index contributed by atoms with van der Waals surface area (Å²) in [7, 11) is -7.61. The van der Waals surface area contributed by atoms with Gasteiger partial charge in [-0.05, 0) is 128 Å². The number of nitrogens with zero attached hydrogens (tertiary/aromatic N) is 2. The van der Waals surface area contributed by atoms with Crippen LogP contribution in [0.15, 0.2) is 79.1 Å². The highest BCUT2D eigenvalue weighted by molar-refractivity contribution is 7.90. The van der Waals surface area contributed by atoms with E-state index in [1.54, 1.807) is 24.6 Å². The first kappa shape index (κ1) is 47.5. The Labute approximate surface area is 389 Å². The number of aromatic nitrogens is 2. The average molecular weight is 965 g/mol. The average Bonchev–Trinajstić information content (AvgIpc) is 3.82. The van der Waals surface area contributed by atoms with E-state index in [-0.39, 0.29) is 48.4 Å². The van der Waals surface area contributed by atoms with Crippen LogP contribution in [0.5, 0.6) is 0 Å². The van der Waals surface area contributed by atoms with Gasteiger partial charge >= 0.3 is 6.18 Å². The topological polar surface area (TPSA) is 111 Å². The van der Waals surface area contributed by atoms with Crippen LogP contribution in [0.4, 0.5) is 22.0 Å². The van der Waals surface area contributed by atoms with Gasteiger partial charge in [-0.3, -0.25) is 0 Å². The molecular weight excluding hydrogens is 908 g/mol. The van der Waals surface area contributed by atoms with Crippen molar-refractivity contribution in [3.8, 4) is 22.3 Å². The van der Waals surface area contributed by atoms with Crippen LogP contribution < -0.4 is 9.44 Å². The normalized spacial score (nSPS) is 18.4. The van der Waals surface area contributed by atoms with Crippen LogP contribution >= 0.6 is 0 Å². The molecule has 3 aliphatic carbocycles. The van der Waals surface area contributed by atoms with Crippen molar-refractivity contribution < 1.29 is 43.5 Å². The monoisotopic (exact) mass is 964 g/mol. The number of rotatable bonds is 15. The molecule has 2 atom stereocenters. The fourth-order valence-electron chi connectivity index (χ4n) is 9.95. The van der Waals surface area contributed by atoms with E-state index in [0.717, 1.165) is 55.3 Å². The zero-order valence-electron chi connectivity index (χ0n) is 38.4. The van der Waals surface area contributed by atoms with Gasteiger partial charge in [0.2, 0.25) is 20.0 Å². The summed E-state index contributed by atoms with van der Waals surface area (Å²) >= 11 is 0. The number of fused-ring (bicyclic) bond motifs is 3. The molecule has 16 heteroatoms. The highest BCUT2D eigenvalue weighted by atomic mass is 32.2. The van der Waals surface area contributed by atoms with Crippen molar-refractivity contribution in [1.82, 2.24) is 18.6 Å². The van der Waals surface area contributed by atoms with Crippen molar-refractivity contribution in [2.24, 2.45) is 5.41 Å². The maximum atomic E-state index is 16.2. The minimum absolute atomic E-state index is 0.0637. The first-order chi connectivity index (χ1) is 31.5. The summed E-state index contributed by atoms with van der Waals surface area (Å²) < 4.78 is 144. The quantitative estimate of drug-likeness (QED) is 0.0996. The van der Waals surface area contributed by atoms with Crippen molar-refractivity contribution in [2.75, 3.05) is 0 Å². The van der Waals surface area contributed by atoms with Crippen molar-refractivity contribution in [2.45, 2.75) is 141 Å². The van der Waals surface area contributed by atoms with Crippen LogP contribution in [0.25, 0.3) is 44.1 Å². The number of nitrogens with one attached hydrogen (secondary N) is 2. The van der Waals surface area contributed by atoms with Crippen molar-refractivity contribution >= 4 is 41.9 Å². The molecule has 2 unspecified atom stereocenters. The van der Waals surface area contributed by atoms with E-state index < -0.39 is 59.8 Å². The lowest BCUT2D eigenvalue weighted by Crippen LogP contribution is -2.38. The molecule has 3 aliphatic rings. The number of benzene rings is 4. The molecule has 0 aliphatic heterocycles. The molecular formula is C51H57F5N4O5S2. The first-order valence-electron chi connectivity index (χ1n) is 23.0. The number of sulfonamides is 2. The molecule has 358 valence electrons. The highest BCUT2D eigenvalue weighted by Crippen LogP contribution is 2.42. The van der Waals surface area contributed by atoms with Gasteiger partial charge in [0.05, 0.1) is 29.1 Å². The molecule has 0 bridgehead atoms. The molecule has 2 saturated carbocycles. The standard InChI is InChI=1S/C51H57F5N4O5S2/c1-49(2,3)29-59-27-33(38-20-43(52)40(22-45(38)59)36-18-10-13-31-12-6-7-16-35(31)36)26-58-67(63,64)48-24-47(48)65-50(4,5)30-60-28-32(25-57-66(61,62)34-14-11-15-34)39-21-44(53)41(23-46(39)60)37-17-8-9-19-42(37)51(54,55)56/h8-10,13,17-23,27-28,34,47-48,57-58H,6-7,11-12,14-16,24-26,29-30H2,1-5H3. The predicted molar refractivity (Wildman–Crippen MR) is 252 cm³/mol. The van der Waals surface area contributed by atoms with E-state index in [0.29, 0.717) is 52.4 Å². The van der Waals surface area contributed by atoms with E-state index in [4.69, 9.17) is 4.74 Å². The number of halogens is 5. The molecule has 9 rings (SSSR count). The third kappa shape index (κ3) is 9.83. The van der Waals surface area contributed by atoms with Crippen molar-refractivity contribution in [3.63, 3.8) is 0 Å². The van der Waals surface area contributed by atoms with E-state index in [1.165, 1.54) is 41.5 Å². The Morgan fingerprint density at radius 1 is 0.672 bits per heavy atom. The molecule has 0 radical (unpaired) electrons. The Hall–Kier alpha value is -4.61. The van der Waals surface area contributed by atoms with Crippen LogP contribution in [-0.4, -0.2) is 48.2 Å². The highest BCUT2D eigenvalue weighted by Gasteiger charge is 2.51. The Morgan fingerprint density at radius 2 is 1.24 bits per heavy atom. The second-order valence-corrected chi connectivity index (χ2v) is 24.5. The molecule has 0 saturated heterocycles. The number of alkyl halides is 3. The van der Waals surface area contributed by atoms with Crippen molar-refractivity contribution in [1.29, 1.82) is 0 Å². The van der Waals surface area contributed by atoms with Crippen LogP contribution in [0.1, 0.15) is 101 Å². The molecule has 2 N–H and O–H groups in total. The van der Waals surface area contributed by atoms with Gasteiger partial charge in [0.1, 0.15) is 16.9 Å². The van der Waals surface area contributed by atoms with Gasteiger partial charge in [-0.2, -0.15) is 13.2 Å². The van der Waals surface area contributed by atoms with Gasteiger partial charge in [0, 0.05) is 65.0 Å². The summed E-state index contributed by atoms with van der Waals surface area (Å²) in [5.74, 6) is -1.27. The minimum Gasteiger partial charge on any atom is -0.369 e. The summed E-state index contributed by atoms with van der Waals surface area (Å²) in [4.78, 5) is 0. The first-order valence-corrected chi connectivity index (χ1v) is 26.1. The van der Waals surface area contributed by atoms with Crippen LogP contribution in [0.2, 0.25) is 0 Å². The van der Waals surface area contributed by atoms with Crippen molar-refractivity contribution in [3.05, 3.63) is 119 Å². The van der Waals surface area contributed by atoms with Crippen LogP contribution in [0, 0.1) is 17.0 Å². The molecule has 2 heterocycles. The Kier molecular flexibility index (Phi) is 12.3. The van der Waals surface area contributed by atoms with E-state index >= 15 is 8.78 Å². The lowest BCUT2D eigenvalue weighted by atomic mass is 9.85. The molecule has 2 fully saturated rings. The number of hydrogen-bond acceptors (Lipinski definition) is 5. The molecule has 2 aromatic heterocycles.